The quantitative estimate of drug-likeness (QED) is 0.375. The molecule has 0 bridgehead atoms. The van der Waals surface area contributed by atoms with Crippen molar-refractivity contribution in [1.82, 2.24) is 0 Å². The summed E-state index contributed by atoms with van der Waals surface area (Å²) in [6.45, 7) is -2.60. The fraction of sp³-hybridized carbons (Fsp3) is 0.500. The molecule has 6 heteroatoms. The minimum Gasteiger partial charge on any atom is -0.392 e. The molecule has 0 unspecified atom stereocenters. The number of benzene rings is 1. The molecule has 1 aromatic carbocycles. The number of hydrogen-bond donors (Lipinski definition) is 6. The first-order valence-electron chi connectivity index (χ1n) is 5.52. The monoisotopic (exact) mass is 258 g/mol. The molecule has 6 nitrogen and oxygen atoms in total. The maximum absolute atomic E-state index is 9.32. The van der Waals surface area contributed by atoms with E-state index < -0.39 is 39.6 Å². The number of aliphatic hydroxyl groups is 6. The second-order valence-electron chi connectivity index (χ2n) is 3.82. The second-order valence-corrected chi connectivity index (χ2v) is 3.82. The predicted octanol–water partition coefficient (Wildman–Crippen LogP) is -1.36. The van der Waals surface area contributed by atoms with Crippen LogP contribution in [0.15, 0.2) is 0 Å². The fourth-order valence-electron chi connectivity index (χ4n) is 2.24. The number of hydrogen-bond acceptors (Lipinski definition) is 6. The maximum atomic E-state index is 9.32. The molecule has 0 radical (unpaired) electrons. The van der Waals surface area contributed by atoms with Crippen molar-refractivity contribution < 1.29 is 30.6 Å². The van der Waals surface area contributed by atoms with Crippen molar-refractivity contribution in [3.05, 3.63) is 33.4 Å². The molecule has 0 atom stereocenters. The molecule has 0 fully saturated rings. The molecule has 102 valence electrons. The third-order valence-electron chi connectivity index (χ3n) is 3.13. The molecule has 0 amide bonds. The summed E-state index contributed by atoms with van der Waals surface area (Å²) in [5.41, 5.74) is 1.70. The standard InChI is InChI=1S/C12H18O6/c13-1-7-8(2-14)10(4-16)12(6-18)11(5-17)9(7)3-15/h13-18H,1-6H2. The highest BCUT2D eigenvalue weighted by Gasteiger charge is 2.21. The minimum absolute atomic E-state index is 0.283. The Kier molecular flexibility index (Phi) is 5.67. The van der Waals surface area contributed by atoms with Gasteiger partial charge in [0, 0.05) is 0 Å². The Balaban J connectivity index is 3.71. The van der Waals surface area contributed by atoms with Crippen molar-refractivity contribution in [2.24, 2.45) is 0 Å². The highest BCUT2D eigenvalue weighted by Crippen LogP contribution is 2.29. The van der Waals surface area contributed by atoms with Crippen LogP contribution in [0.5, 0.6) is 0 Å². The van der Waals surface area contributed by atoms with Crippen molar-refractivity contribution in [3.8, 4) is 0 Å². The zero-order valence-electron chi connectivity index (χ0n) is 9.93. The SMILES string of the molecule is OCc1c(CO)c(CO)c(CO)c(CO)c1CO. The van der Waals surface area contributed by atoms with E-state index in [0.29, 0.717) is 0 Å². The molecule has 6 N–H and O–H groups in total. The van der Waals surface area contributed by atoms with E-state index in [-0.39, 0.29) is 33.4 Å². The van der Waals surface area contributed by atoms with Gasteiger partial charge in [0.15, 0.2) is 0 Å². The third kappa shape index (κ3) is 2.39. The first-order valence-corrected chi connectivity index (χ1v) is 5.52. The Hall–Kier alpha value is -1.02. The van der Waals surface area contributed by atoms with Gasteiger partial charge in [-0.1, -0.05) is 0 Å². The molecule has 0 aliphatic rings. The highest BCUT2D eigenvalue weighted by atomic mass is 16.3. The van der Waals surface area contributed by atoms with Crippen LogP contribution in [0.2, 0.25) is 0 Å². The number of aliphatic hydroxyl groups excluding tert-OH is 6. The Bertz CT molecular complexity index is 295. The average molecular weight is 258 g/mol. The van der Waals surface area contributed by atoms with Crippen LogP contribution >= 0.6 is 0 Å². The molecule has 18 heavy (non-hydrogen) atoms. The molecule has 0 aliphatic heterocycles. The normalized spacial score (nSPS) is 11.0. The van der Waals surface area contributed by atoms with Gasteiger partial charge < -0.3 is 30.6 Å². The van der Waals surface area contributed by atoms with E-state index in [0.717, 1.165) is 0 Å². The van der Waals surface area contributed by atoms with E-state index >= 15 is 0 Å². The smallest absolute Gasteiger partial charge is 0.0689 e. The van der Waals surface area contributed by atoms with Gasteiger partial charge in [-0.2, -0.15) is 0 Å². The summed E-state index contributed by atoms with van der Waals surface area (Å²) >= 11 is 0. The molecule has 0 saturated carbocycles. The van der Waals surface area contributed by atoms with Crippen LogP contribution in [-0.4, -0.2) is 30.6 Å². The van der Waals surface area contributed by atoms with E-state index in [2.05, 4.69) is 0 Å². The molecule has 0 saturated heterocycles. The molecule has 1 rings (SSSR count). The van der Waals surface area contributed by atoms with Gasteiger partial charge in [-0.05, 0) is 33.4 Å². The van der Waals surface area contributed by atoms with Crippen LogP contribution in [0.4, 0.5) is 0 Å². The maximum Gasteiger partial charge on any atom is 0.0689 e. The second kappa shape index (κ2) is 6.79. The Morgan fingerprint density at radius 3 is 0.500 bits per heavy atom. The van der Waals surface area contributed by atoms with E-state index in [4.69, 9.17) is 0 Å². The van der Waals surface area contributed by atoms with E-state index in [1.54, 1.807) is 0 Å². The van der Waals surface area contributed by atoms with Crippen molar-refractivity contribution in [1.29, 1.82) is 0 Å². The topological polar surface area (TPSA) is 121 Å². The van der Waals surface area contributed by atoms with Gasteiger partial charge in [-0.3, -0.25) is 0 Å². The number of rotatable bonds is 6. The molecular weight excluding hydrogens is 240 g/mol. The zero-order chi connectivity index (χ0) is 13.7. The van der Waals surface area contributed by atoms with Crippen molar-refractivity contribution >= 4 is 0 Å². The van der Waals surface area contributed by atoms with Crippen LogP contribution in [0, 0.1) is 0 Å². The van der Waals surface area contributed by atoms with Crippen LogP contribution in [0.25, 0.3) is 0 Å². The van der Waals surface area contributed by atoms with Crippen LogP contribution in [-0.2, 0) is 39.6 Å². The van der Waals surface area contributed by atoms with Gasteiger partial charge in [-0.25, -0.2) is 0 Å². The van der Waals surface area contributed by atoms with E-state index in [1.807, 2.05) is 0 Å². The van der Waals surface area contributed by atoms with Gasteiger partial charge in [0.1, 0.15) is 0 Å². The molecular formula is C12H18O6. The van der Waals surface area contributed by atoms with E-state index in [9.17, 15) is 30.6 Å². The largest absolute Gasteiger partial charge is 0.392 e. The van der Waals surface area contributed by atoms with Crippen LogP contribution in [0.3, 0.4) is 0 Å². The summed E-state index contributed by atoms with van der Waals surface area (Å²) in [5, 5.41) is 55.9. The lowest BCUT2D eigenvalue weighted by molar-refractivity contribution is 0.222. The molecule has 0 aliphatic carbocycles. The van der Waals surface area contributed by atoms with Crippen LogP contribution < -0.4 is 0 Å². The Labute approximate surface area is 104 Å². The zero-order valence-corrected chi connectivity index (χ0v) is 9.93. The lowest BCUT2D eigenvalue weighted by atomic mass is 9.87. The van der Waals surface area contributed by atoms with Crippen molar-refractivity contribution in [2.45, 2.75) is 39.6 Å². The lowest BCUT2D eigenvalue weighted by Crippen LogP contribution is -2.14. The summed E-state index contributed by atoms with van der Waals surface area (Å²) in [6, 6.07) is 0. The van der Waals surface area contributed by atoms with Gasteiger partial charge >= 0.3 is 0 Å². The van der Waals surface area contributed by atoms with Gasteiger partial charge in [0.25, 0.3) is 0 Å². The summed E-state index contributed by atoms with van der Waals surface area (Å²) in [7, 11) is 0. The average Bonchev–Trinajstić information content (AvgIpc) is 2.43. The first-order chi connectivity index (χ1) is 8.69. The predicted molar refractivity (Wildman–Crippen MR) is 62.0 cm³/mol. The van der Waals surface area contributed by atoms with Crippen molar-refractivity contribution in [2.75, 3.05) is 0 Å². The third-order valence-corrected chi connectivity index (χ3v) is 3.13. The minimum atomic E-state index is -0.433. The molecule has 0 spiro atoms. The lowest BCUT2D eigenvalue weighted by Gasteiger charge is -2.22. The Morgan fingerprint density at radius 2 is 0.444 bits per heavy atom. The van der Waals surface area contributed by atoms with E-state index in [1.165, 1.54) is 0 Å². The fourth-order valence-corrected chi connectivity index (χ4v) is 2.24. The summed E-state index contributed by atoms with van der Waals surface area (Å²) in [4.78, 5) is 0. The molecule has 1 aromatic rings. The summed E-state index contributed by atoms with van der Waals surface area (Å²) < 4.78 is 0. The molecule has 0 heterocycles. The van der Waals surface area contributed by atoms with Crippen molar-refractivity contribution in [3.63, 3.8) is 0 Å². The summed E-state index contributed by atoms with van der Waals surface area (Å²) in [5.74, 6) is 0. The summed E-state index contributed by atoms with van der Waals surface area (Å²) in [6.07, 6.45) is 0. The highest BCUT2D eigenvalue weighted by molar-refractivity contribution is 5.51. The Morgan fingerprint density at radius 1 is 0.333 bits per heavy atom. The van der Waals surface area contributed by atoms with Gasteiger partial charge in [0.05, 0.1) is 39.6 Å². The van der Waals surface area contributed by atoms with Crippen LogP contribution in [0.1, 0.15) is 33.4 Å². The van der Waals surface area contributed by atoms with Gasteiger partial charge in [-0.15, -0.1) is 0 Å². The first kappa shape index (κ1) is 15.0. The van der Waals surface area contributed by atoms with Gasteiger partial charge in [0.2, 0.25) is 0 Å². The molecule has 0 aromatic heterocycles.